The number of likely N-dealkylation sites (N-methyl/N-ethyl adjacent to an activating group) is 2. The first kappa shape index (κ1) is 15.7. The Kier molecular flexibility index (Phi) is 3.52. The van der Waals surface area contributed by atoms with Crippen molar-refractivity contribution < 1.29 is 4.48 Å². The third kappa shape index (κ3) is 2.06. The molecule has 4 heteroatoms. The number of hydrogen-bond acceptors (Lipinski definition) is 3. The summed E-state index contributed by atoms with van der Waals surface area (Å²) in [6.07, 6.45) is 11.2. The van der Waals surface area contributed by atoms with E-state index in [2.05, 4.69) is 98.5 Å². The highest BCUT2D eigenvalue weighted by Gasteiger charge is 2.53. The number of benzene rings is 1. The second-order valence-electron chi connectivity index (χ2n) is 7.95. The van der Waals surface area contributed by atoms with Crippen LogP contribution < -0.4 is 9.80 Å². The molecule has 2 heterocycles. The quantitative estimate of drug-likeness (QED) is 0.774. The maximum absolute atomic E-state index is 2.58. The molecule has 1 aromatic rings. The Labute approximate surface area is 145 Å². The van der Waals surface area contributed by atoms with E-state index in [9.17, 15) is 0 Å². The van der Waals surface area contributed by atoms with E-state index in [0.717, 1.165) is 10.9 Å². The zero-order chi connectivity index (χ0) is 17.1. The van der Waals surface area contributed by atoms with Crippen LogP contribution in [-0.4, -0.2) is 69.0 Å². The number of para-hydroxylation sites is 2. The van der Waals surface area contributed by atoms with Crippen LogP contribution in [0.15, 0.2) is 48.6 Å². The van der Waals surface area contributed by atoms with Crippen LogP contribution >= 0.6 is 0 Å². The van der Waals surface area contributed by atoms with Gasteiger partial charge in [-0.15, -0.1) is 0 Å². The van der Waals surface area contributed by atoms with Gasteiger partial charge in [-0.3, -0.25) is 0 Å². The molecule has 0 spiro atoms. The van der Waals surface area contributed by atoms with E-state index < -0.39 is 0 Å². The molecule has 0 N–H and O–H groups in total. The fourth-order valence-electron chi connectivity index (χ4n) is 5.03. The smallest absolute Gasteiger partial charge is 0.149 e. The summed E-state index contributed by atoms with van der Waals surface area (Å²) in [7, 11) is 11.5. The van der Waals surface area contributed by atoms with Crippen molar-refractivity contribution >= 4 is 11.4 Å². The van der Waals surface area contributed by atoms with Gasteiger partial charge in [0.15, 0.2) is 0 Å². The highest BCUT2D eigenvalue weighted by atomic mass is 15.5. The van der Waals surface area contributed by atoms with Crippen molar-refractivity contribution in [3.8, 4) is 0 Å². The number of fused-ring (bicyclic) bond motifs is 2. The molecule has 3 aliphatic rings. The number of quaternary nitrogens is 1. The van der Waals surface area contributed by atoms with Crippen molar-refractivity contribution in [3.05, 3.63) is 48.6 Å². The van der Waals surface area contributed by atoms with Gasteiger partial charge in [0.1, 0.15) is 18.4 Å². The van der Waals surface area contributed by atoms with Crippen molar-refractivity contribution in [2.24, 2.45) is 0 Å². The molecule has 0 bridgehead atoms. The molecular weight excluding hydrogens is 296 g/mol. The molecule has 1 aromatic carbocycles. The Hall–Kier alpha value is -1.78. The van der Waals surface area contributed by atoms with E-state index in [1.54, 1.807) is 0 Å². The van der Waals surface area contributed by atoms with Crippen LogP contribution in [0.2, 0.25) is 0 Å². The van der Waals surface area contributed by atoms with E-state index in [0.29, 0.717) is 24.4 Å². The minimum atomic E-state index is 0.403. The molecular formula is C20H29N4+. The highest BCUT2D eigenvalue weighted by molar-refractivity contribution is 5.76. The third-order valence-corrected chi connectivity index (χ3v) is 6.51. The summed E-state index contributed by atoms with van der Waals surface area (Å²) in [6.45, 7) is 0. The fourth-order valence-corrected chi connectivity index (χ4v) is 5.03. The van der Waals surface area contributed by atoms with Crippen molar-refractivity contribution in [2.75, 3.05) is 45.0 Å². The lowest BCUT2D eigenvalue weighted by Crippen LogP contribution is -2.55. The number of rotatable bonds is 2. The van der Waals surface area contributed by atoms with E-state index in [1.165, 1.54) is 11.4 Å². The average molecular weight is 325 g/mol. The van der Waals surface area contributed by atoms with Crippen LogP contribution in [0.5, 0.6) is 0 Å². The summed E-state index contributed by atoms with van der Waals surface area (Å²) >= 11 is 0. The normalized spacial score (nSPS) is 31.6. The van der Waals surface area contributed by atoms with Crippen LogP contribution in [0, 0.1) is 0 Å². The number of anilines is 2. The standard InChI is InChI=1S/C20H29N4/c1-21-15-10-6-7-11-16(15)22(2)19(21)14-20-23(3)17-12-8-9-13-18(17)24(20,4)5/h6-13,17-20H,14H2,1-5H3/q+1. The van der Waals surface area contributed by atoms with Crippen LogP contribution in [0.25, 0.3) is 0 Å². The zero-order valence-electron chi connectivity index (χ0n) is 15.4. The Morgan fingerprint density at radius 2 is 1.50 bits per heavy atom. The van der Waals surface area contributed by atoms with Crippen molar-refractivity contribution in [1.29, 1.82) is 0 Å². The van der Waals surface area contributed by atoms with Gasteiger partial charge in [-0.05, 0) is 25.3 Å². The van der Waals surface area contributed by atoms with Gasteiger partial charge in [-0.1, -0.05) is 30.4 Å². The molecule has 1 fully saturated rings. The molecule has 4 nitrogen and oxygen atoms in total. The molecule has 0 aromatic heterocycles. The second-order valence-corrected chi connectivity index (χ2v) is 7.95. The average Bonchev–Trinajstić information content (AvgIpc) is 2.94. The fraction of sp³-hybridized carbons (Fsp3) is 0.500. The summed E-state index contributed by atoms with van der Waals surface area (Å²) in [6, 6.07) is 9.79. The van der Waals surface area contributed by atoms with Gasteiger partial charge in [0.05, 0.1) is 37.9 Å². The first-order chi connectivity index (χ1) is 11.4. The molecule has 3 atom stereocenters. The molecule has 24 heavy (non-hydrogen) atoms. The van der Waals surface area contributed by atoms with Crippen molar-refractivity contribution in [1.82, 2.24) is 4.90 Å². The van der Waals surface area contributed by atoms with E-state index in [-0.39, 0.29) is 0 Å². The Morgan fingerprint density at radius 1 is 0.917 bits per heavy atom. The van der Waals surface area contributed by atoms with Crippen LogP contribution in [0.1, 0.15) is 6.42 Å². The summed E-state index contributed by atoms with van der Waals surface area (Å²) in [4.78, 5) is 7.46. The van der Waals surface area contributed by atoms with Gasteiger partial charge >= 0.3 is 0 Å². The van der Waals surface area contributed by atoms with Crippen molar-refractivity contribution in [3.63, 3.8) is 0 Å². The van der Waals surface area contributed by atoms with Crippen LogP contribution in [0.3, 0.4) is 0 Å². The van der Waals surface area contributed by atoms with Gasteiger partial charge in [0, 0.05) is 14.1 Å². The highest BCUT2D eigenvalue weighted by Crippen LogP contribution is 2.42. The molecule has 1 aliphatic carbocycles. The Balaban J connectivity index is 1.62. The molecule has 0 saturated carbocycles. The number of hydrogen-bond donors (Lipinski definition) is 0. The number of nitrogens with zero attached hydrogens (tertiary/aromatic N) is 4. The SMILES string of the molecule is CN1c2ccccc2N(C)C1CC1N(C)C2C=CC=CC2[N+]1(C)C. The third-order valence-electron chi connectivity index (χ3n) is 6.51. The monoisotopic (exact) mass is 325 g/mol. The largest absolute Gasteiger partial charge is 0.352 e. The molecule has 4 rings (SSSR count). The van der Waals surface area contributed by atoms with Gasteiger partial charge in [0.25, 0.3) is 0 Å². The topological polar surface area (TPSA) is 9.72 Å². The summed E-state index contributed by atoms with van der Waals surface area (Å²) in [5.74, 6) is 0. The summed E-state index contributed by atoms with van der Waals surface area (Å²) in [5.41, 5.74) is 2.68. The predicted octanol–water partition coefficient (Wildman–Crippen LogP) is 2.50. The van der Waals surface area contributed by atoms with Gasteiger partial charge in [0.2, 0.25) is 0 Å². The Morgan fingerprint density at radius 3 is 2.08 bits per heavy atom. The summed E-state index contributed by atoms with van der Waals surface area (Å²) in [5, 5.41) is 0. The molecule has 128 valence electrons. The molecule has 1 saturated heterocycles. The van der Waals surface area contributed by atoms with E-state index in [4.69, 9.17) is 0 Å². The maximum atomic E-state index is 2.58. The lowest BCUT2D eigenvalue weighted by molar-refractivity contribution is -0.924. The first-order valence-electron chi connectivity index (χ1n) is 8.88. The number of allylic oxidation sites excluding steroid dienone is 2. The first-order valence-corrected chi connectivity index (χ1v) is 8.88. The van der Waals surface area contributed by atoms with Crippen LogP contribution in [-0.2, 0) is 0 Å². The molecule has 3 unspecified atom stereocenters. The lowest BCUT2D eigenvalue weighted by atomic mass is 10.0. The van der Waals surface area contributed by atoms with E-state index >= 15 is 0 Å². The maximum Gasteiger partial charge on any atom is 0.149 e. The Bertz CT molecular complexity index is 664. The predicted molar refractivity (Wildman–Crippen MR) is 101 cm³/mol. The minimum Gasteiger partial charge on any atom is -0.352 e. The second kappa shape index (κ2) is 5.36. The molecule has 2 aliphatic heterocycles. The zero-order valence-corrected chi connectivity index (χ0v) is 15.4. The van der Waals surface area contributed by atoms with Gasteiger partial charge in [-0.2, -0.15) is 0 Å². The summed E-state index contributed by atoms with van der Waals surface area (Å²) < 4.78 is 1.02. The molecule has 0 amide bonds. The van der Waals surface area contributed by atoms with Crippen molar-refractivity contribution in [2.45, 2.75) is 30.8 Å². The molecule has 0 radical (unpaired) electrons. The van der Waals surface area contributed by atoms with E-state index in [1.807, 2.05) is 0 Å². The van der Waals surface area contributed by atoms with Crippen LogP contribution in [0.4, 0.5) is 11.4 Å². The van der Waals surface area contributed by atoms with Gasteiger partial charge in [-0.25, -0.2) is 4.90 Å². The van der Waals surface area contributed by atoms with Gasteiger partial charge < -0.3 is 14.3 Å². The minimum absolute atomic E-state index is 0.403. The lowest BCUT2D eigenvalue weighted by Gasteiger charge is -2.40.